The van der Waals surface area contributed by atoms with E-state index in [0.717, 1.165) is 11.1 Å². The lowest BCUT2D eigenvalue weighted by Crippen LogP contribution is -2.18. The number of carbonyl (C=O) groups excluding carboxylic acids is 1. The molecule has 0 bridgehead atoms. The zero-order valence-electron chi connectivity index (χ0n) is 24.0. The van der Waals surface area contributed by atoms with Gasteiger partial charge in [0, 0.05) is 12.5 Å². The highest BCUT2D eigenvalue weighted by atomic mass is 32.2. The van der Waals surface area contributed by atoms with Gasteiger partial charge in [-0.1, -0.05) is 48.5 Å². The van der Waals surface area contributed by atoms with E-state index in [1.807, 2.05) is 12.1 Å². The number of unbranched alkanes of at least 4 members (excludes halogenated alkanes) is 1. The number of halogens is 1. The van der Waals surface area contributed by atoms with Gasteiger partial charge >= 0.3 is 0 Å². The maximum Gasteiger partial charge on any atom is 0.243 e. The highest BCUT2D eigenvalue weighted by Gasteiger charge is 2.33. The summed E-state index contributed by atoms with van der Waals surface area (Å²) in [6.45, 7) is 0.226. The minimum absolute atomic E-state index is 0.0706. The number of ether oxygens (including phenoxy) is 3. The van der Waals surface area contributed by atoms with E-state index in [0.29, 0.717) is 47.6 Å². The summed E-state index contributed by atoms with van der Waals surface area (Å²) < 4.78 is 58.6. The number of amides is 1. The molecule has 10 heteroatoms. The van der Waals surface area contributed by atoms with Crippen LogP contribution in [0, 0.1) is 5.82 Å². The first-order valence-corrected chi connectivity index (χ1v) is 15.2. The number of sulfone groups is 1. The van der Waals surface area contributed by atoms with Gasteiger partial charge in [0.1, 0.15) is 23.4 Å². The van der Waals surface area contributed by atoms with E-state index in [1.54, 1.807) is 60.1 Å². The van der Waals surface area contributed by atoms with Gasteiger partial charge < -0.3 is 14.2 Å². The van der Waals surface area contributed by atoms with Crippen molar-refractivity contribution < 1.29 is 37.0 Å². The monoisotopic (exact) mass is 607 g/mol. The van der Waals surface area contributed by atoms with Crippen molar-refractivity contribution in [3.63, 3.8) is 0 Å². The molecule has 0 aromatic heterocycles. The maximum absolute atomic E-state index is 14.4. The Morgan fingerprint density at radius 2 is 1.58 bits per heavy atom. The Morgan fingerprint density at radius 3 is 2.26 bits per heavy atom. The van der Waals surface area contributed by atoms with Gasteiger partial charge in [0.15, 0.2) is 21.3 Å². The second-order valence-electron chi connectivity index (χ2n) is 9.87. The lowest BCUT2D eigenvalue weighted by atomic mass is 9.95. The Morgan fingerprint density at radius 1 is 0.884 bits per heavy atom. The van der Waals surface area contributed by atoms with E-state index in [9.17, 15) is 17.6 Å². The van der Waals surface area contributed by atoms with Crippen molar-refractivity contribution in [1.29, 1.82) is 0 Å². The number of hydrogen-bond donors (Lipinski definition) is 2. The minimum atomic E-state index is -4.02. The Labute approximate surface area is 250 Å². The third kappa shape index (κ3) is 7.91. The number of rotatable bonds is 14. The molecule has 0 heterocycles. The molecule has 226 valence electrons. The summed E-state index contributed by atoms with van der Waals surface area (Å²) in [4.78, 5) is 11.5. The van der Waals surface area contributed by atoms with Gasteiger partial charge in [-0.15, -0.1) is 0 Å². The van der Waals surface area contributed by atoms with Gasteiger partial charge in [0.05, 0.1) is 19.1 Å². The van der Waals surface area contributed by atoms with Crippen LogP contribution in [-0.4, -0.2) is 33.8 Å². The van der Waals surface area contributed by atoms with Crippen molar-refractivity contribution >= 4 is 15.7 Å². The van der Waals surface area contributed by atoms with Crippen LogP contribution >= 0.6 is 0 Å². The molecule has 0 aliphatic carbocycles. The van der Waals surface area contributed by atoms with Gasteiger partial charge in [-0.05, 0) is 77.9 Å². The van der Waals surface area contributed by atoms with Crippen molar-refractivity contribution in [2.24, 2.45) is 0 Å². The summed E-state index contributed by atoms with van der Waals surface area (Å²) in [5.41, 5.74) is 4.41. The summed E-state index contributed by atoms with van der Waals surface area (Å²) in [7, 11) is -1.09. The molecule has 1 amide bonds. The highest BCUT2D eigenvalue weighted by Crippen LogP contribution is 2.40. The summed E-state index contributed by atoms with van der Waals surface area (Å²) in [5, 5.41) is 7.72. The normalized spacial score (nSPS) is 11.9. The number of carbonyl (C=O) groups is 1. The van der Waals surface area contributed by atoms with Crippen LogP contribution in [0.2, 0.25) is 0 Å². The summed E-state index contributed by atoms with van der Waals surface area (Å²) in [5.74, 6) is 0.441. The van der Waals surface area contributed by atoms with Crippen molar-refractivity contribution in [3.8, 4) is 17.2 Å². The van der Waals surface area contributed by atoms with E-state index in [-0.39, 0.29) is 23.7 Å². The van der Waals surface area contributed by atoms with Crippen LogP contribution in [0.25, 0.3) is 0 Å². The third-order valence-corrected chi connectivity index (χ3v) is 9.12. The summed E-state index contributed by atoms with van der Waals surface area (Å²) in [6, 6.07) is 24.8. The molecule has 4 aromatic carbocycles. The molecular formula is C33H34FNO7S. The highest BCUT2D eigenvalue weighted by molar-refractivity contribution is 7.92. The van der Waals surface area contributed by atoms with Gasteiger partial charge in [-0.25, -0.2) is 18.3 Å². The molecule has 0 aliphatic heterocycles. The SMILES string of the molecule is COc1ccc(S(=O)(=O)C(c2ccc(OCc3ccc(F)cc3)cc2)c2ccccc2CCCCC(=O)NO)cc1OC. The molecule has 1 unspecified atom stereocenters. The zero-order valence-corrected chi connectivity index (χ0v) is 24.8. The number of benzene rings is 4. The molecule has 0 saturated carbocycles. The molecule has 0 saturated heterocycles. The van der Waals surface area contributed by atoms with Crippen LogP contribution in [0.4, 0.5) is 4.39 Å². The van der Waals surface area contributed by atoms with Crippen LogP contribution < -0.4 is 19.7 Å². The van der Waals surface area contributed by atoms with E-state index in [4.69, 9.17) is 19.4 Å². The van der Waals surface area contributed by atoms with E-state index in [1.165, 1.54) is 38.5 Å². The number of hydroxylamine groups is 1. The van der Waals surface area contributed by atoms with Crippen molar-refractivity contribution in [2.75, 3.05) is 14.2 Å². The number of aryl methyl sites for hydroxylation is 1. The minimum Gasteiger partial charge on any atom is -0.493 e. The molecule has 0 fully saturated rings. The molecule has 0 aliphatic rings. The third-order valence-electron chi connectivity index (χ3n) is 7.06. The predicted octanol–water partition coefficient (Wildman–Crippen LogP) is 6.20. The smallest absolute Gasteiger partial charge is 0.243 e. The molecule has 43 heavy (non-hydrogen) atoms. The molecule has 8 nitrogen and oxygen atoms in total. The van der Waals surface area contributed by atoms with E-state index < -0.39 is 21.0 Å². The first kappa shape index (κ1) is 31.5. The Balaban J connectivity index is 1.70. The Kier molecular flexibility index (Phi) is 10.7. The van der Waals surface area contributed by atoms with Crippen molar-refractivity contribution in [1.82, 2.24) is 5.48 Å². The molecule has 4 rings (SSSR count). The van der Waals surface area contributed by atoms with Crippen LogP contribution in [0.15, 0.2) is 95.9 Å². The standard InChI is InChI=1S/C33H34FNO7S/c1-40-30-20-19-28(21-31(30)41-2)43(38,39)33(29-9-5-3-7-24(29)8-4-6-10-32(36)35-37)25-13-17-27(18-14-25)42-22-23-11-15-26(34)16-12-23/h3,5,7,9,11-21,33,37H,4,6,8,10,22H2,1-2H3,(H,35,36). The fourth-order valence-corrected chi connectivity index (χ4v) is 6.70. The fraction of sp³-hybridized carbons (Fsp3) is 0.242. The molecule has 1 atom stereocenters. The molecule has 4 aromatic rings. The maximum atomic E-state index is 14.4. The van der Waals surface area contributed by atoms with E-state index >= 15 is 0 Å². The van der Waals surface area contributed by atoms with Crippen LogP contribution in [0.3, 0.4) is 0 Å². The Bertz CT molecular complexity index is 1620. The van der Waals surface area contributed by atoms with Crippen LogP contribution in [-0.2, 0) is 27.7 Å². The quantitative estimate of drug-likeness (QED) is 0.0997. The largest absolute Gasteiger partial charge is 0.493 e. The van der Waals surface area contributed by atoms with Crippen molar-refractivity contribution in [2.45, 2.75) is 42.4 Å². The summed E-state index contributed by atoms with van der Waals surface area (Å²) >= 11 is 0. The first-order valence-electron chi connectivity index (χ1n) is 13.7. The zero-order chi connectivity index (χ0) is 30.8. The molecule has 2 N–H and O–H groups in total. The molecule has 0 radical (unpaired) electrons. The first-order chi connectivity index (χ1) is 20.8. The predicted molar refractivity (Wildman–Crippen MR) is 160 cm³/mol. The second-order valence-corrected chi connectivity index (χ2v) is 11.9. The van der Waals surface area contributed by atoms with Gasteiger partial charge in [-0.2, -0.15) is 0 Å². The molecular weight excluding hydrogens is 573 g/mol. The van der Waals surface area contributed by atoms with E-state index in [2.05, 4.69) is 0 Å². The van der Waals surface area contributed by atoms with Crippen LogP contribution in [0.5, 0.6) is 17.2 Å². The number of nitrogens with one attached hydrogen (secondary N) is 1. The van der Waals surface area contributed by atoms with Crippen LogP contribution in [0.1, 0.15) is 46.8 Å². The number of methoxy groups -OCH3 is 2. The van der Waals surface area contributed by atoms with Gasteiger partial charge in [0.2, 0.25) is 5.91 Å². The number of hydrogen-bond acceptors (Lipinski definition) is 7. The van der Waals surface area contributed by atoms with Gasteiger partial charge in [0.25, 0.3) is 0 Å². The lowest BCUT2D eigenvalue weighted by molar-refractivity contribution is -0.129. The average molecular weight is 608 g/mol. The second kappa shape index (κ2) is 14.7. The molecule has 0 spiro atoms. The van der Waals surface area contributed by atoms with Crippen molar-refractivity contribution in [3.05, 3.63) is 119 Å². The Hall–Kier alpha value is -4.41. The fourth-order valence-electron chi connectivity index (χ4n) is 4.82. The topological polar surface area (TPSA) is 111 Å². The average Bonchev–Trinajstić information content (AvgIpc) is 3.03. The van der Waals surface area contributed by atoms with Gasteiger partial charge in [-0.3, -0.25) is 10.0 Å². The summed E-state index contributed by atoms with van der Waals surface area (Å²) in [6.07, 6.45) is 1.83. The lowest BCUT2D eigenvalue weighted by Gasteiger charge is -2.23.